The Balaban J connectivity index is 1.95. The smallest absolute Gasteiger partial charge is 0.249 e. The number of amides is 1. The summed E-state index contributed by atoms with van der Waals surface area (Å²) in [6.45, 7) is 0.407. The van der Waals surface area contributed by atoms with Gasteiger partial charge in [0.05, 0.1) is 13.0 Å². The third-order valence-electron chi connectivity index (χ3n) is 3.02. The zero-order valence-electron chi connectivity index (χ0n) is 8.20. The quantitative estimate of drug-likeness (QED) is 0.635. The molecule has 1 heterocycles. The van der Waals surface area contributed by atoms with Gasteiger partial charge in [0, 0.05) is 6.42 Å². The molecule has 0 aromatic heterocycles. The number of hydroxylamine groups is 2. The van der Waals surface area contributed by atoms with E-state index in [0.717, 1.165) is 32.0 Å². The van der Waals surface area contributed by atoms with Gasteiger partial charge in [-0.3, -0.25) is 9.63 Å². The molecule has 2 rings (SSSR count). The second-order valence-electron chi connectivity index (χ2n) is 4.11. The van der Waals surface area contributed by atoms with Crippen molar-refractivity contribution in [1.82, 2.24) is 5.06 Å². The number of rotatable bonds is 3. The van der Waals surface area contributed by atoms with Crippen LogP contribution in [0.2, 0.25) is 0 Å². The summed E-state index contributed by atoms with van der Waals surface area (Å²) in [5.74, 6) is 0.0359. The first-order chi connectivity index (χ1) is 6.76. The Hall–Kier alpha value is -0.900. The highest BCUT2D eigenvalue weighted by molar-refractivity contribution is 5.78. The minimum absolute atomic E-state index is 0.0359. The van der Waals surface area contributed by atoms with Crippen LogP contribution in [0.15, 0.2) is 0 Å². The van der Waals surface area contributed by atoms with Gasteiger partial charge < -0.3 is 4.79 Å². The lowest BCUT2D eigenvalue weighted by Crippen LogP contribution is -2.29. The molecule has 2 aliphatic rings. The van der Waals surface area contributed by atoms with Crippen molar-refractivity contribution < 1.29 is 14.4 Å². The third-order valence-corrected chi connectivity index (χ3v) is 3.02. The van der Waals surface area contributed by atoms with Crippen LogP contribution in [0.4, 0.5) is 0 Å². The lowest BCUT2D eigenvalue weighted by Gasteiger charge is -2.22. The largest absolute Gasteiger partial charge is 0.303 e. The molecule has 4 heteroatoms. The van der Waals surface area contributed by atoms with E-state index in [1.807, 2.05) is 0 Å². The predicted molar refractivity (Wildman–Crippen MR) is 49.3 cm³/mol. The van der Waals surface area contributed by atoms with Crippen LogP contribution in [0.1, 0.15) is 38.5 Å². The normalized spacial score (nSPS) is 24.9. The van der Waals surface area contributed by atoms with Crippen molar-refractivity contribution in [1.29, 1.82) is 0 Å². The molecule has 0 unspecified atom stereocenters. The first-order valence-corrected chi connectivity index (χ1v) is 5.19. The summed E-state index contributed by atoms with van der Waals surface area (Å²) in [5, 5.41) is 1.37. The minimum atomic E-state index is -0.208. The van der Waals surface area contributed by atoms with Gasteiger partial charge in [-0.25, -0.2) is 5.06 Å². The summed E-state index contributed by atoms with van der Waals surface area (Å²) in [5.41, 5.74) is -0.208. The topological polar surface area (TPSA) is 46.6 Å². The van der Waals surface area contributed by atoms with Crippen LogP contribution in [-0.2, 0) is 14.4 Å². The van der Waals surface area contributed by atoms with Gasteiger partial charge >= 0.3 is 0 Å². The highest BCUT2D eigenvalue weighted by Crippen LogP contribution is 2.41. The molecule has 0 aromatic carbocycles. The molecule has 0 bridgehead atoms. The summed E-state index contributed by atoms with van der Waals surface area (Å²) >= 11 is 0. The summed E-state index contributed by atoms with van der Waals surface area (Å²) in [6, 6.07) is 0. The van der Waals surface area contributed by atoms with Crippen molar-refractivity contribution in [2.24, 2.45) is 0 Å². The van der Waals surface area contributed by atoms with Crippen LogP contribution in [-0.4, -0.2) is 29.4 Å². The Morgan fingerprint density at radius 2 is 2.14 bits per heavy atom. The zero-order chi connectivity index (χ0) is 10.0. The molecule has 1 spiro atoms. The molecule has 1 amide bonds. The van der Waals surface area contributed by atoms with Crippen molar-refractivity contribution >= 4 is 12.2 Å². The summed E-state index contributed by atoms with van der Waals surface area (Å²) in [4.78, 5) is 27.4. The second kappa shape index (κ2) is 3.69. The molecule has 1 saturated carbocycles. The molecule has 0 atom stereocenters. The lowest BCUT2D eigenvalue weighted by molar-refractivity contribution is -0.197. The monoisotopic (exact) mass is 197 g/mol. The van der Waals surface area contributed by atoms with Crippen LogP contribution in [0, 0.1) is 0 Å². The van der Waals surface area contributed by atoms with Gasteiger partial charge in [-0.2, -0.15) is 0 Å². The van der Waals surface area contributed by atoms with Gasteiger partial charge in [0.1, 0.15) is 11.9 Å². The third kappa shape index (κ3) is 1.66. The highest BCUT2D eigenvalue weighted by atomic mass is 16.7. The van der Waals surface area contributed by atoms with Crippen molar-refractivity contribution in [2.75, 3.05) is 6.54 Å². The fourth-order valence-electron chi connectivity index (χ4n) is 2.31. The van der Waals surface area contributed by atoms with E-state index >= 15 is 0 Å². The van der Waals surface area contributed by atoms with E-state index in [9.17, 15) is 9.59 Å². The van der Waals surface area contributed by atoms with Gasteiger partial charge in [0.15, 0.2) is 0 Å². The average Bonchev–Trinajstić information content (AvgIpc) is 2.72. The first kappa shape index (κ1) is 9.65. The maximum absolute atomic E-state index is 11.5. The molecule has 14 heavy (non-hydrogen) atoms. The maximum atomic E-state index is 11.5. The number of hydrogen-bond donors (Lipinski definition) is 0. The van der Waals surface area contributed by atoms with Crippen molar-refractivity contribution in [3.63, 3.8) is 0 Å². The standard InChI is InChI=1S/C10H15NO3/c12-7-3-6-11-9(13)8-10(14-11)4-1-2-5-10/h7H,1-6,8H2. The maximum Gasteiger partial charge on any atom is 0.249 e. The van der Waals surface area contributed by atoms with E-state index in [2.05, 4.69) is 0 Å². The molecule has 0 aromatic rings. The summed E-state index contributed by atoms with van der Waals surface area (Å²) < 4.78 is 0. The fourth-order valence-corrected chi connectivity index (χ4v) is 2.31. The minimum Gasteiger partial charge on any atom is -0.303 e. The summed E-state index contributed by atoms with van der Waals surface area (Å²) in [6.07, 6.45) is 5.94. The van der Waals surface area contributed by atoms with Crippen LogP contribution in [0.5, 0.6) is 0 Å². The molecular weight excluding hydrogens is 182 g/mol. The van der Waals surface area contributed by atoms with Crippen molar-refractivity contribution in [3.05, 3.63) is 0 Å². The number of hydrogen-bond acceptors (Lipinski definition) is 3. The first-order valence-electron chi connectivity index (χ1n) is 5.19. The van der Waals surface area contributed by atoms with Crippen molar-refractivity contribution in [3.8, 4) is 0 Å². The molecule has 0 radical (unpaired) electrons. The van der Waals surface area contributed by atoms with E-state index in [-0.39, 0.29) is 11.5 Å². The Labute approximate surface area is 83.2 Å². The van der Waals surface area contributed by atoms with Crippen LogP contribution in [0.3, 0.4) is 0 Å². The molecule has 0 N–H and O–H groups in total. The molecule has 1 aliphatic carbocycles. The van der Waals surface area contributed by atoms with E-state index < -0.39 is 0 Å². The predicted octanol–water partition coefficient (Wildman–Crippen LogP) is 1.05. The van der Waals surface area contributed by atoms with Crippen LogP contribution in [0.25, 0.3) is 0 Å². The van der Waals surface area contributed by atoms with E-state index in [1.54, 1.807) is 0 Å². The van der Waals surface area contributed by atoms with Gasteiger partial charge in [-0.05, 0) is 12.8 Å². The van der Waals surface area contributed by atoms with E-state index in [4.69, 9.17) is 4.84 Å². The molecule has 1 aliphatic heterocycles. The van der Waals surface area contributed by atoms with Crippen molar-refractivity contribution in [2.45, 2.75) is 44.1 Å². The Bertz CT molecular complexity index is 246. The zero-order valence-corrected chi connectivity index (χ0v) is 8.20. The Kier molecular flexibility index (Phi) is 2.54. The Morgan fingerprint density at radius 1 is 1.43 bits per heavy atom. The SMILES string of the molecule is O=CCCN1OC2(CCCC2)CC1=O. The number of carbonyl (C=O) groups excluding carboxylic acids is 2. The molecule has 78 valence electrons. The van der Waals surface area contributed by atoms with Gasteiger partial charge in [-0.1, -0.05) is 12.8 Å². The van der Waals surface area contributed by atoms with Gasteiger partial charge in [-0.15, -0.1) is 0 Å². The molecule has 4 nitrogen and oxygen atoms in total. The Morgan fingerprint density at radius 3 is 2.79 bits per heavy atom. The lowest BCUT2D eigenvalue weighted by atomic mass is 9.99. The van der Waals surface area contributed by atoms with Crippen LogP contribution < -0.4 is 0 Å². The second-order valence-corrected chi connectivity index (χ2v) is 4.11. The summed E-state index contributed by atoms with van der Waals surface area (Å²) in [7, 11) is 0. The molecular formula is C10H15NO3. The van der Waals surface area contributed by atoms with Gasteiger partial charge in [0.2, 0.25) is 5.91 Å². The average molecular weight is 197 g/mol. The van der Waals surface area contributed by atoms with E-state index in [1.165, 1.54) is 5.06 Å². The van der Waals surface area contributed by atoms with Gasteiger partial charge in [0.25, 0.3) is 0 Å². The highest BCUT2D eigenvalue weighted by Gasteiger charge is 2.46. The molecule has 1 saturated heterocycles. The van der Waals surface area contributed by atoms with Crippen LogP contribution >= 0.6 is 0 Å². The number of aldehydes is 1. The fraction of sp³-hybridized carbons (Fsp3) is 0.800. The number of nitrogens with zero attached hydrogens (tertiary/aromatic N) is 1. The van der Waals surface area contributed by atoms with E-state index in [0.29, 0.717) is 19.4 Å². The number of carbonyl (C=O) groups is 2. The molecule has 2 fully saturated rings.